The summed E-state index contributed by atoms with van der Waals surface area (Å²) in [7, 11) is 0. The van der Waals surface area contributed by atoms with Crippen molar-refractivity contribution in [2.24, 2.45) is 0 Å². The van der Waals surface area contributed by atoms with E-state index in [0.717, 1.165) is 41.2 Å². The first kappa shape index (κ1) is 13.7. The van der Waals surface area contributed by atoms with Crippen molar-refractivity contribution in [3.8, 4) is 0 Å². The van der Waals surface area contributed by atoms with Gasteiger partial charge in [-0.25, -0.2) is 4.98 Å². The molecule has 108 valence electrons. The van der Waals surface area contributed by atoms with E-state index in [1.807, 2.05) is 13.8 Å². The monoisotopic (exact) mass is 292 g/mol. The average molecular weight is 292 g/mol. The van der Waals surface area contributed by atoms with Crippen LogP contribution >= 0.6 is 11.3 Å². The van der Waals surface area contributed by atoms with Crippen molar-refractivity contribution in [3.63, 3.8) is 0 Å². The van der Waals surface area contributed by atoms with Gasteiger partial charge in [0.15, 0.2) is 0 Å². The van der Waals surface area contributed by atoms with E-state index in [1.165, 1.54) is 4.88 Å². The van der Waals surface area contributed by atoms with Gasteiger partial charge in [-0.15, -0.1) is 11.3 Å². The van der Waals surface area contributed by atoms with E-state index in [2.05, 4.69) is 27.1 Å². The zero-order valence-corrected chi connectivity index (χ0v) is 12.9. The van der Waals surface area contributed by atoms with Gasteiger partial charge < -0.3 is 10.3 Å². The topological polar surface area (TPSA) is 61.0 Å². The lowest BCUT2D eigenvalue weighted by atomic mass is 10.2. The second-order valence-electron chi connectivity index (χ2n) is 5.57. The summed E-state index contributed by atoms with van der Waals surface area (Å²) in [4.78, 5) is 24.2. The molecule has 5 nitrogen and oxygen atoms in total. The summed E-state index contributed by atoms with van der Waals surface area (Å²) in [5.41, 5.74) is 1.05. The number of fused-ring (bicyclic) bond motifs is 1. The highest BCUT2D eigenvalue weighted by Gasteiger charge is 2.18. The summed E-state index contributed by atoms with van der Waals surface area (Å²) < 4.78 is 0. The van der Waals surface area contributed by atoms with Gasteiger partial charge in [-0.05, 0) is 26.3 Å². The zero-order valence-electron chi connectivity index (χ0n) is 12.1. The Morgan fingerprint density at radius 2 is 2.25 bits per heavy atom. The molecule has 1 aliphatic heterocycles. The maximum atomic E-state index is 12.2. The summed E-state index contributed by atoms with van der Waals surface area (Å²) in [6.07, 6.45) is 0. The SMILES string of the molecule is Cc1sc2nc(CN3CCN[C@@H](C)C3)[nH]c(=O)c2c1C. The Balaban J connectivity index is 1.91. The van der Waals surface area contributed by atoms with Gasteiger partial charge in [0.05, 0.1) is 11.9 Å². The Labute approximate surface area is 122 Å². The van der Waals surface area contributed by atoms with Gasteiger partial charge in [-0.3, -0.25) is 9.69 Å². The van der Waals surface area contributed by atoms with E-state index >= 15 is 0 Å². The molecule has 0 spiro atoms. The highest BCUT2D eigenvalue weighted by molar-refractivity contribution is 7.18. The third kappa shape index (κ3) is 2.51. The molecule has 2 aromatic heterocycles. The van der Waals surface area contributed by atoms with E-state index in [-0.39, 0.29) is 5.56 Å². The molecule has 3 rings (SSSR count). The molecule has 1 atom stereocenters. The first-order valence-electron chi connectivity index (χ1n) is 6.99. The van der Waals surface area contributed by atoms with Gasteiger partial charge in [0.2, 0.25) is 0 Å². The second kappa shape index (κ2) is 5.27. The molecule has 0 aromatic carbocycles. The predicted molar refractivity (Wildman–Crippen MR) is 82.5 cm³/mol. The van der Waals surface area contributed by atoms with Crippen LogP contribution in [0.4, 0.5) is 0 Å². The lowest BCUT2D eigenvalue weighted by Gasteiger charge is -2.31. The van der Waals surface area contributed by atoms with E-state index in [0.29, 0.717) is 12.6 Å². The van der Waals surface area contributed by atoms with Crippen LogP contribution in [0.25, 0.3) is 10.2 Å². The van der Waals surface area contributed by atoms with E-state index in [9.17, 15) is 4.79 Å². The number of rotatable bonds is 2. The smallest absolute Gasteiger partial charge is 0.259 e. The van der Waals surface area contributed by atoms with Crippen LogP contribution in [0.3, 0.4) is 0 Å². The van der Waals surface area contributed by atoms with Gasteiger partial charge in [0, 0.05) is 30.6 Å². The van der Waals surface area contributed by atoms with Crippen molar-refractivity contribution < 1.29 is 0 Å². The fourth-order valence-electron chi connectivity index (χ4n) is 2.74. The van der Waals surface area contributed by atoms with Gasteiger partial charge in [0.25, 0.3) is 5.56 Å². The maximum absolute atomic E-state index is 12.2. The molecule has 0 saturated carbocycles. The molecule has 1 saturated heterocycles. The molecule has 1 fully saturated rings. The summed E-state index contributed by atoms with van der Waals surface area (Å²) in [5, 5.41) is 4.17. The molecule has 1 aliphatic rings. The number of hydrogen-bond donors (Lipinski definition) is 2. The summed E-state index contributed by atoms with van der Waals surface area (Å²) in [6, 6.07) is 0.491. The van der Waals surface area contributed by atoms with Crippen LogP contribution in [0.1, 0.15) is 23.2 Å². The normalized spacial score (nSPS) is 20.6. The number of piperazine rings is 1. The summed E-state index contributed by atoms with van der Waals surface area (Å²) in [5.74, 6) is 0.776. The third-order valence-electron chi connectivity index (χ3n) is 3.91. The molecule has 0 amide bonds. The number of aryl methyl sites for hydroxylation is 2. The van der Waals surface area contributed by atoms with Crippen LogP contribution < -0.4 is 10.9 Å². The Bertz CT molecular complexity index is 690. The molecule has 20 heavy (non-hydrogen) atoms. The van der Waals surface area contributed by atoms with Crippen LogP contribution in [0, 0.1) is 13.8 Å². The van der Waals surface area contributed by atoms with Gasteiger partial charge in [0.1, 0.15) is 10.7 Å². The molecule has 0 unspecified atom stereocenters. The Morgan fingerprint density at radius 3 is 3.00 bits per heavy atom. The van der Waals surface area contributed by atoms with E-state index in [4.69, 9.17) is 0 Å². The molecule has 3 heterocycles. The first-order chi connectivity index (χ1) is 9.54. The molecule has 2 N–H and O–H groups in total. The van der Waals surface area contributed by atoms with Crippen LogP contribution in [-0.4, -0.2) is 40.5 Å². The minimum absolute atomic E-state index is 0.00460. The molecule has 0 aliphatic carbocycles. The molecule has 6 heteroatoms. The number of thiophene rings is 1. The predicted octanol–water partition coefficient (Wildman–Crippen LogP) is 1.40. The number of hydrogen-bond acceptors (Lipinski definition) is 5. The minimum Gasteiger partial charge on any atom is -0.312 e. The number of aromatic nitrogens is 2. The van der Waals surface area contributed by atoms with Crippen molar-refractivity contribution in [1.29, 1.82) is 0 Å². The van der Waals surface area contributed by atoms with Crippen molar-refractivity contribution in [1.82, 2.24) is 20.2 Å². The lowest BCUT2D eigenvalue weighted by Crippen LogP contribution is -2.48. The average Bonchev–Trinajstić information content (AvgIpc) is 2.65. The standard InChI is InChI=1S/C14H20N4OS/c1-8-6-18(5-4-15-8)7-11-16-13(19)12-9(2)10(3)20-14(12)17-11/h8,15H,4-7H2,1-3H3,(H,16,17,19)/t8-/m0/s1. The van der Waals surface area contributed by atoms with E-state index in [1.54, 1.807) is 11.3 Å². The molecule has 0 bridgehead atoms. The lowest BCUT2D eigenvalue weighted by molar-refractivity contribution is 0.195. The summed E-state index contributed by atoms with van der Waals surface area (Å²) >= 11 is 1.61. The zero-order chi connectivity index (χ0) is 14.3. The first-order valence-corrected chi connectivity index (χ1v) is 7.81. The Kier molecular flexibility index (Phi) is 3.62. The second-order valence-corrected chi connectivity index (χ2v) is 6.77. The molecular weight excluding hydrogens is 272 g/mol. The highest BCUT2D eigenvalue weighted by Crippen LogP contribution is 2.25. The van der Waals surface area contributed by atoms with Crippen molar-refractivity contribution in [2.75, 3.05) is 19.6 Å². The van der Waals surface area contributed by atoms with Crippen molar-refractivity contribution in [3.05, 3.63) is 26.6 Å². The van der Waals surface area contributed by atoms with Crippen LogP contribution in [-0.2, 0) is 6.54 Å². The molecular formula is C14H20N4OS. The maximum Gasteiger partial charge on any atom is 0.259 e. The number of nitrogens with one attached hydrogen (secondary N) is 2. The third-order valence-corrected chi connectivity index (χ3v) is 5.02. The fourth-order valence-corrected chi connectivity index (χ4v) is 3.79. The van der Waals surface area contributed by atoms with Gasteiger partial charge >= 0.3 is 0 Å². The van der Waals surface area contributed by atoms with E-state index < -0.39 is 0 Å². The number of H-pyrrole nitrogens is 1. The van der Waals surface area contributed by atoms with Crippen molar-refractivity contribution in [2.45, 2.75) is 33.4 Å². The van der Waals surface area contributed by atoms with Crippen LogP contribution in [0.2, 0.25) is 0 Å². The number of aromatic amines is 1. The molecule has 0 radical (unpaired) electrons. The Hall–Kier alpha value is -1.24. The largest absolute Gasteiger partial charge is 0.312 e. The molecule has 2 aromatic rings. The van der Waals surface area contributed by atoms with Gasteiger partial charge in [-0.1, -0.05) is 0 Å². The van der Waals surface area contributed by atoms with Crippen molar-refractivity contribution >= 4 is 21.6 Å². The summed E-state index contributed by atoms with van der Waals surface area (Å²) in [6.45, 7) is 9.90. The van der Waals surface area contributed by atoms with Gasteiger partial charge in [-0.2, -0.15) is 0 Å². The minimum atomic E-state index is -0.00460. The quantitative estimate of drug-likeness (QED) is 0.878. The van der Waals surface area contributed by atoms with Crippen LogP contribution in [0.5, 0.6) is 0 Å². The number of nitrogens with zero attached hydrogens (tertiary/aromatic N) is 2. The van der Waals surface area contributed by atoms with Crippen LogP contribution in [0.15, 0.2) is 4.79 Å². The highest BCUT2D eigenvalue weighted by atomic mass is 32.1. The Morgan fingerprint density at radius 1 is 1.45 bits per heavy atom. The fraction of sp³-hybridized carbons (Fsp3) is 0.571.